The van der Waals surface area contributed by atoms with Crippen molar-refractivity contribution in [1.29, 1.82) is 0 Å². The van der Waals surface area contributed by atoms with Gasteiger partial charge in [0, 0.05) is 12.1 Å². The van der Waals surface area contributed by atoms with Gasteiger partial charge in [-0.3, -0.25) is 0 Å². The molecule has 1 aromatic heterocycles. The number of benzene rings is 1. The smallest absolute Gasteiger partial charge is 0.387 e. The van der Waals surface area contributed by atoms with Crippen LogP contribution in [0, 0.1) is 17.5 Å². The van der Waals surface area contributed by atoms with Crippen molar-refractivity contribution >= 4 is 34.6 Å². The number of alkyl halides is 3. The van der Waals surface area contributed by atoms with Gasteiger partial charge in [0.05, 0.1) is 11.1 Å². The van der Waals surface area contributed by atoms with E-state index in [4.69, 9.17) is 17.3 Å². The van der Waals surface area contributed by atoms with E-state index >= 15 is 0 Å². The van der Waals surface area contributed by atoms with Gasteiger partial charge in [-0.15, -0.1) is 0 Å². The molecule has 0 aliphatic carbocycles. The largest absolute Gasteiger partial charge is 0.408 e. The molecular formula is C14H9ClF6N4S. The van der Waals surface area contributed by atoms with Crippen LogP contribution in [0.4, 0.5) is 32.2 Å². The minimum atomic E-state index is -4.71. The van der Waals surface area contributed by atoms with Gasteiger partial charge in [0.25, 0.3) is 0 Å². The molecule has 2 rings (SSSR count). The number of aromatic nitrogens is 2. The predicted molar refractivity (Wildman–Crippen MR) is 87.4 cm³/mol. The third kappa shape index (κ3) is 4.15. The molecule has 2 aromatic rings. The van der Waals surface area contributed by atoms with Crippen LogP contribution in [-0.2, 0) is 0 Å². The van der Waals surface area contributed by atoms with Gasteiger partial charge in [-0.05, 0) is 6.92 Å². The van der Waals surface area contributed by atoms with E-state index in [2.05, 4.69) is 22.2 Å². The SMILES string of the molecule is C[C@H](Nc1nc(C(N)=S)nc(Cl)c1-c1c(F)cc(F)cc1F)C(F)(F)F. The third-order valence-electron chi connectivity index (χ3n) is 3.19. The second-order valence-corrected chi connectivity index (χ2v) is 5.88. The average Bonchev–Trinajstić information content (AvgIpc) is 2.47. The monoisotopic (exact) mass is 414 g/mol. The van der Waals surface area contributed by atoms with Crippen LogP contribution in [0.2, 0.25) is 5.15 Å². The highest BCUT2D eigenvalue weighted by atomic mass is 35.5. The summed E-state index contributed by atoms with van der Waals surface area (Å²) in [5.74, 6) is -5.10. The number of thiocarbonyl (C=S) groups is 1. The summed E-state index contributed by atoms with van der Waals surface area (Å²) >= 11 is 10.5. The molecule has 140 valence electrons. The van der Waals surface area contributed by atoms with Gasteiger partial charge < -0.3 is 11.1 Å². The molecule has 3 N–H and O–H groups in total. The number of nitrogens with zero attached hydrogens (tertiary/aromatic N) is 2. The molecule has 1 aromatic carbocycles. The Morgan fingerprint density at radius 2 is 1.69 bits per heavy atom. The quantitative estimate of drug-likeness (QED) is 0.446. The fourth-order valence-corrected chi connectivity index (χ4v) is 2.29. The fraction of sp³-hybridized carbons (Fsp3) is 0.214. The summed E-state index contributed by atoms with van der Waals surface area (Å²) in [6.45, 7) is 0.748. The molecule has 0 fully saturated rings. The molecule has 0 saturated heterocycles. The van der Waals surface area contributed by atoms with Crippen molar-refractivity contribution in [2.24, 2.45) is 5.73 Å². The van der Waals surface area contributed by atoms with Gasteiger partial charge in [-0.25, -0.2) is 23.1 Å². The minimum absolute atomic E-state index is 0.340. The molecule has 4 nitrogen and oxygen atoms in total. The Kier molecular flexibility index (Phi) is 5.61. The number of rotatable bonds is 4. The molecule has 0 aliphatic rings. The lowest BCUT2D eigenvalue weighted by Gasteiger charge is -2.21. The number of hydrogen-bond acceptors (Lipinski definition) is 4. The fourth-order valence-electron chi connectivity index (χ4n) is 1.94. The van der Waals surface area contributed by atoms with Gasteiger partial charge in [-0.1, -0.05) is 23.8 Å². The first-order valence-corrected chi connectivity index (χ1v) is 7.56. The second-order valence-electron chi connectivity index (χ2n) is 5.08. The number of anilines is 1. The van der Waals surface area contributed by atoms with E-state index in [-0.39, 0.29) is 0 Å². The molecule has 0 spiro atoms. The summed E-state index contributed by atoms with van der Waals surface area (Å²) in [6, 6.07) is -1.49. The maximum atomic E-state index is 14.1. The Labute approximate surface area is 153 Å². The van der Waals surface area contributed by atoms with Crippen LogP contribution in [-0.4, -0.2) is 27.2 Å². The standard InChI is InChI=1S/C14H9ClF6N4S/c1-4(14(19,20)21)23-12-9(10(15)24-13(25-12)11(22)26)8-6(17)2-5(16)3-7(8)18/h2-4H,1H3,(H2,22,26)(H,23,24,25)/t4-/m0/s1. The van der Waals surface area contributed by atoms with Crippen molar-refractivity contribution in [2.45, 2.75) is 19.1 Å². The van der Waals surface area contributed by atoms with Gasteiger partial charge in [0.1, 0.15) is 39.5 Å². The predicted octanol–water partition coefficient (Wildman–Crippen LogP) is 4.21. The zero-order valence-electron chi connectivity index (χ0n) is 12.8. The first kappa shape index (κ1) is 20.2. The van der Waals surface area contributed by atoms with Gasteiger partial charge in [0.15, 0.2) is 5.82 Å². The topological polar surface area (TPSA) is 63.8 Å². The van der Waals surface area contributed by atoms with Crippen molar-refractivity contribution in [2.75, 3.05) is 5.32 Å². The molecule has 0 amide bonds. The average molecular weight is 415 g/mol. The summed E-state index contributed by atoms with van der Waals surface area (Å²) in [4.78, 5) is 6.89. The number of halogens is 7. The van der Waals surface area contributed by atoms with E-state index in [0.717, 1.165) is 6.92 Å². The molecule has 0 radical (unpaired) electrons. The molecule has 1 heterocycles. The second kappa shape index (κ2) is 7.23. The molecular weight excluding hydrogens is 406 g/mol. The van der Waals surface area contributed by atoms with Crippen LogP contribution in [0.1, 0.15) is 12.7 Å². The maximum Gasteiger partial charge on any atom is 0.408 e. The van der Waals surface area contributed by atoms with Crippen molar-refractivity contribution in [3.05, 3.63) is 40.6 Å². The van der Waals surface area contributed by atoms with Crippen LogP contribution in [0.25, 0.3) is 11.1 Å². The zero-order valence-corrected chi connectivity index (χ0v) is 14.3. The minimum Gasteiger partial charge on any atom is -0.387 e. The Morgan fingerprint density at radius 1 is 1.15 bits per heavy atom. The van der Waals surface area contributed by atoms with E-state index in [9.17, 15) is 26.3 Å². The highest BCUT2D eigenvalue weighted by molar-refractivity contribution is 7.80. The number of hydrogen-bond donors (Lipinski definition) is 2. The lowest BCUT2D eigenvalue weighted by atomic mass is 10.1. The molecule has 26 heavy (non-hydrogen) atoms. The van der Waals surface area contributed by atoms with Crippen molar-refractivity contribution < 1.29 is 26.3 Å². The highest BCUT2D eigenvalue weighted by Gasteiger charge is 2.37. The molecule has 12 heteroatoms. The summed E-state index contributed by atoms with van der Waals surface area (Å²) in [6.07, 6.45) is -4.71. The van der Waals surface area contributed by atoms with Gasteiger partial charge in [0.2, 0.25) is 0 Å². The maximum absolute atomic E-state index is 14.1. The number of nitrogens with one attached hydrogen (secondary N) is 1. The highest BCUT2D eigenvalue weighted by Crippen LogP contribution is 2.37. The third-order valence-corrected chi connectivity index (χ3v) is 3.64. The van der Waals surface area contributed by atoms with E-state index in [1.807, 2.05) is 5.32 Å². The molecule has 0 aliphatic heterocycles. The van der Waals surface area contributed by atoms with E-state index in [1.54, 1.807) is 0 Å². The van der Waals surface area contributed by atoms with Crippen molar-refractivity contribution in [3.8, 4) is 11.1 Å². The Morgan fingerprint density at radius 3 is 2.15 bits per heavy atom. The van der Waals surface area contributed by atoms with Crippen LogP contribution < -0.4 is 11.1 Å². The number of nitrogens with two attached hydrogens (primary N) is 1. The van der Waals surface area contributed by atoms with E-state index < -0.39 is 62.6 Å². The first-order valence-electron chi connectivity index (χ1n) is 6.77. The zero-order chi connectivity index (χ0) is 19.8. The molecule has 0 unspecified atom stereocenters. The van der Waals surface area contributed by atoms with Crippen LogP contribution in [0.15, 0.2) is 12.1 Å². The first-order chi connectivity index (χ1) is 11.9. The Hall–Kier alpha value is -2.14. The summed E-state index contributed by atoms with van der Waals surface area (Å²) < 4.78 is 79.9. The Bertz CT molecular complexity index is 850. The normalized spacial score (nSPS) is 12.8. The molecule has 1 atom stereocenters. The van der Waals surface area contributed by atoms with Gasteiger partial charge in [-0.2, -0.15) is 13.2 Å². The van der Waals surface area contributed by atoms with Crippen LogP contribution in [0.3, 0.4) is 0 Å². The summed E-state index contributed by atoms with van der Waals surface area (Å²) in [5.41, 5.74) is 3.81. The van der Waals surface area contributed by atoms with E-state index in [1.165, 1.54) is 0 Å². The van der Waals surface area contributed by atoms with Crippen LogP contribution >= 0.6 is 23.8 Å². The van der Waals surface area contributed by atoms with Crippen LogP contribution in [0.5, 0.6) is 0 Å². The molecule has 0 bridgehead atoms. The van der Waals surface area contributed by atoms with Gasteiger partial charge >= 0.3 is 6.18 Å². The summed E-state index contributed by atoms with van der Waals surface area (Å²) in [5, 5.41) is 1.33. The van der Waals surface area contributed by atoms with Crippen molar-refractivity contribution in [1.82, 2.24) is 9.97 Å². The lowest BCUT2D eigenvalue weighted by molar-refractivity contribution is -0.138. The summed E-state index contributed by atoms with van der Waals surface area (Å²) in [7, 11) is 0. The lowest BCUT2D eigenvalue weighted by Crippen LogP contribution is -2.34. The van der Waals surface area contributed by atoms with E-state index in [0.29, 0.717) is 12.1 Å². The van der Waals surface area contributed by atoms with Crippen molar-refractivity contribution in [3.63, 3.8) is 0 Å². The molecule has 0 saturated carbocycles. The Balaban J connectivity index is 2.75.